The van der Waals surface area contributed by atoms with Crippen LogP contribution in [0.2, 0.25) is 0 Å². The number of carbonyl (C=O) groups is 3. The number of benzene rings is 2. The first-order valence-electron chi connectivity index (χ1n) is 16.6. The number of rotatable bonds is 12. The Labute approximate surface area is 292 Å². The summed E-state index contributed by atoms with van der Waals surface area (Å²) in [7, 11) is 1.60. The molecule has 0 spiro atoms. The number of pyridine rings is 1. The van der Waals surface area contributed by atoms with E-state index in [4.69, 9.17) is 19.2 Å². The number of thioether (sulfide) groups is 1. The maximum Gasteiger partial charge on any atom is 0.408 e. The standard InChI is InChI=1S/C37H48N4O7S/c1-9-13-27(35(43)44)39-33(49-8)30-19-25(21-41(30)34(42)32(22(2)3)40-36(45)48-37(4,5)6)47-31-20-28(23-14-11-10-12-15-23)38-29-18-24(46-7)16-17-26(29)31/h10-12,14-18,20,22,25,27,30,32H,9,13,19,21H2,1-8H3,(H,40,45)(H,43,44)/t25-,27+,30+,32?/m1/s1. The molecule has 12 heteroatoms. The van der Waals surface area contributed by atoms with Crippen LogP contribution in [0.3, 0.4) is 0 Å². The predicted molar refractivity (Wildman–Crippen MR) is 194 cm³/mol. The molecule has 4 atom stereocenters. The molecule has 4 rings (SSSR count). The Morgan fingerprint density at radius 3 is 2.43 bits per heavy atom. The number of fused-ring (bicyclic) bond motifs is 1. The molecule has 1 saturated heterocycles. The van der Waals surface area contributed by atoms with Crippen molar-refractivity contribution in [1.29, 1.82) is 0 Å². The maximum atomic E-state index is 14.4. The van der Waals surface area contributed by atoms with Crippen LogP contribution < -0.4 is 14.8 Å². The van der Waals surface area contributed by atoms with Gasteiger partial charge in [0.1, 0.15) is 35.3 Å². The number of ether oxygens (including phenoxy) is 3. The van der Waals surface area contributed by atoms with Crippen molar-refractivity contribution in [3.05, 3.63) is 54.6 Å². The minimum absolute atomic E-state index is 0.189. The van der Waals surface area contributed by atoms with Gasteiger partial charge in [-0.3, -0.25) is 9.79 Å². The molecule has 11 nitrogen and oxygen atoms in total. The van der Waals surface area contributed by atoms with Crippen LogP contribution in [0.5, 0.6) is 11.5 Å². The fourth-order valence-electron chi connectivity index (χ4n) is 5.77. The van der Waals surface area contributed by atoms with E-state index in [1.165, 1.54) is 11.8 Å². The van der Waals surface area contributed by atoms with Crippen LogP contribution in [-0.2, 0) is 14.3 Å². The molecule has 1 unspecified atom stereocenters. The first-order chi connectivity index (χ1) is 23.2. The van der Waals surface area contributed by atoms with Gasteiger partial charge in [0.15, 0.2) is 0 Å². The summed E-state index contributed by atoms with van der Waals surface area (Å²) in [6.45, 7) is 11.1. The van der Waals surface area contributed by atoms with Gasteiger partial charge in [-0.15, -0.1) is 11.8 Å². The Morgan fingerprint density at radius 2 is 1.84 bits per heavy atom. The SMILES string of the molecule is CCC[C@H](N=C(SC)[C@@H]1C[C@@H](Oc2cc(-c3ccccc3)nc3cc(OC)ccc23)CN1C(=O)C(NC(=O)OC(C)(C)C)C(C)C)C(=O)O. The smallest absolute Gasteiger partial charge is 0.408 e. The van der Waals surface area contributed by atoms with Crippen molar-refractivity contribution >= 4 is 45.7 Å². The third-order valence-corrected chi connectivity index (χ3v) is 8.91. The molecule has 2 N–H and O–H groups in total. The van der Waals surface area contributed by atoms with Crippen LogP contribution in [0.25, 0.3) is 22.2 Å². The Hall–Kier alpha value is -4.32. The highest BCUT2D eigenvalue weighted by molar-refractivity contribution is 8.13. The second-order valence-corrected chi connectivity index (χ2v) is 14.2. The number of likely N-dealkylation sites (tertiary alicyclic amines) is 1. The van der Waals surface area contributed by atoms with Crippen LogP contribution in [0.1, 0.15) is 60.8 Å². The molecule has 0 radical (unpaired) electrons. The zero-order valence-electron chi connectivity index (χ0n) is 29.6. The van der Waals surface area contributed by atoms with Gasteiger partial charge in [0.2, 0.25) is 5.91 Å². The number of carboxylic acid groups (broad SMARTS) is 1. The molecule has 264 valence electrons. The number of aliphatic carboxylic acids is 1. The number of nitrogens with zero attached hydrogens (tertiary/aromatic N) is 3. The molecule has 2 heterocycles. The van der Waals surface area contributed by atoms with E-state index in [9.17, 15) is 19.5 Å². The molecule has 0 aliphatic carbocycles. The zero-order chi connectivity index (χ0) is 35.9. The highest BCUT2D eigenvalue weighted by Crippen LogP contribution is 2.35. The summed E-state index contributed by atoms with van der Waals surface area (Å²) in [6, 6.07) is 14.9. The van der Waals surface area contributed by atoms with Crippen LogP contribution in [0, 0.1) is 5.92 Å². The van der Waals surface area contributed by atoms with E-state index in [1.54, 1.807) is 32.8 Å². The van der Waals surface area contributed by atoms with Crippen LogP contribution in [0.15, 0.2) is 59.6 Å². The fourth-order valence-corrected chi connectivity index (χ4v) is 6.50. The van der Waals surface area contributed by atoms with Gasteiger partial charge in [0.05, 0.1) is 36.0 Å². The van der Waals surface area contributed by atoms with Crippen molar-refractivity contribution in [2.45, 2.75) is 90.6 Å². The Bertz CT molecular complexity index is 1660. The van der Waals surface area contributed by atoms with Crippen molar-refractivity contribution in [3.8, 4) is 22.8 Å². The summed E-state index contributed by atoms with van der Waals surface area (Å²) in [5, 5.41) is 14.0. The average Bonchev–Trinajstić information content (AvgIpc) is 3.47. The third kappa shape index (κ3) is 9.65. The normalized spacial score (nSPS) is 17.9. The minimum Gasteiger partial charge on any atom is -0.497 e. The summed E-state index contributed by atoms with van der Waals surface area (Å²) in [5.74, 6) is -0.359. The summed E-state index contributed by atoms with van der Waals surface area (Å²) < 4.78 is 17.7. The number of carboxylic acids is 1. The molecular weight excluding hydrogens is 644 g/mol. The van der Waals surface area contributed by atoms with Crippen molar-refractivity contribution in [1.82, 2.24) is 15.2 Å². The van der Waals surface area contributed by atoms with Crippen molar-refractivity contribution < 1.29 is 33.7 Å². The Kier molecular flexibility index (Phi) is 12.5. The number of methoxy groups -OCH3 is 1. The summed E-state index contributed by atoms with van der Waals surface area (Å²) in [4.78, 5) is 50.6. The van der Waals surface area contributed by atoms with Crippen LogP contribution >= 0.6 is 11.8 Å². The monoisotopic (exact) mass is 692 g/mol. The van der Waals surface area contributed by atoms with E-state index in [2.05, 4.69) is 10.3 Å². The van der Waals surface area contributed by atoms with Crippen molar-refractivity contribution in [2.75, 3.05) is 19.9 Å². The number of hydrogen-bond acceptors (Lipinski definition) is 9. The molecule has 1 fully saturated rings. The second-order valence-electron chi connectivity index (χ2n) is 13.4. The van der Waals surface area contributed by atoms with E-state index in [1.807, 2.05) is 81.6 Å². The van der Waals surface area contributed by atoms with E-state index in [0.717, 1.165) is 16.6 Å². The predicted octanol–water partition coefficient (Wildman–Crippen LogP) is 6.82. The van der Waals surface area contributed by atoms with Gasteiger partial charge >= 0.3 is 12.1 Å². The van der Waals surface area contributed by atoms with E-state index < -0.39 is 41.9 Å². The average molecular weight is 693 g/mol. The lowest BCUT2D eigenvalue weighted by Crippen LogP contribution is -2.54. The number of carbonyl (C=O) groups excluding carboxylic acids is 2. The topological polar surface area (TPSA) is 140 Å². The molecule has 0 bridgehead atoms. The first-order valence-corrected chi connectivity index (χ1v) is 17.8. The summed E-state index contributed by atoms with van der Waals surface area (Å²) >= 11 is 1.32. The lowest BCUT2D eigenvalue weighted by Gasteiger charge is -2.32. The highest BCUT2D eigenvalue weighted by atomic mass is 32.2. The fraction of sp³-hybridized carbons (Fsp3) is 0.486. The van der Waals surface area contributed by atoms with Gasteiger partial charge in [-0.25, -0.2) is 14.6 Å². The minimum atomic E-state index is -1.02. The zero-order valence-corrected chi connectivity index (χ0v) is 30.4. The molecule has 1 aromatic heterocycles. The largest absolute Gasteiger partial charge is 0.497 e. The molecule has 1 aliphatic heterocycles. The summed E-state index contributed by atoms with van der Waals surface area (Å²) in [6.07, 6.45) is 2.02. The molecule has 1 aliphatic rings. The van der Waals surface area contributed by atoms with Gasteiger partial charge in [-0.2, -0.15) is 0 Å². The second kappa shape index (κ2) is 16.4. The van der Waals surface area contributed by atoms with Crippen LogP contribution in [-0.4, -0.2) is 87.7 Å². The van der Waals surface area contributed by atoms with E-state index in [0.29, 0.717) is 41.3 Å². The first kappa shape index (κ1) is 37.5. The molecular formula is C37H48N4O7S. The van der Waals surface area contributed by atoms with Gasteiger partial charge in [0, 0.05) is 29.5 Å². The number of amides is 2. The van der Waals surface area contributed by atoms with E-state index >= 15 is 0 Å². The number of hydrogen-bond donors (Lipinski definition) is 2. The Balaban J connectivity index is 1.75. The quantitative estimate of drug-likeness (QED) is 0.155. The number of aliphatic imine (C=N–C) groups is 1. The van der Waals surface area contributed by atoms with Crippen molar-refractivity contribution in [2.24, 2.45) is 10.9 Å². The number of nitrogens with one attached hydrogen (secondary N) is 1. The summed E-state index contributed by atoms with van der Waals surface area (Å²) in [5.41, 5.74) is 1.58. The molecule has 3 aromatic rings. The third-order valence-electron chi connectivity index (χ3n) is 8.12. The lowest BCUT2D eigenvalue weighted by molar-refractivity contribution is -0.138. The lowest BCUT2D eigenvalue weighted by atomic mass is 10.0. The van der Waals surface area contributed by atoms with Crippen LogP contribution in [0.4, 0.5) is 4.79 Å². The van der Waals surface area contributed by atoms with Gasteiger partial charge < -0.3 is 29.5 Å². The Morgan fingerprint density at radius 1 is 1.12 bits per heavy atom. The molecule has 2 aromatic carbocycles. The van der Waals surface area contributed by atoms with Gasteiger partial charge in [0.25, 0.3) is 0 Å². The highest BCUT2D eigenvalue weighted by Gasteiger charge is 2.43. The molecule has 0 saturated carbocycles. The number of alkyl carbamates (subject to hydrolysis) is 1. The van der Waals surface area contributed by atoms with Crippen molar-refractivity contribution in [3.63, 3.8) is 0 Å². The van der Waals surface area contributed by atoms with E-state index in [-0.39, 0.29) is 18.4 Å². The molecule has 2 amide bonds. The maximum absolute atomic E-state index is 14.4. The number of aromatic nitrogens is 1. The molecule has 49 heavy (non-hydrogen) atoms. The van der Waals surface area contributed by atoms with Gasteiger partial charge in [-0.05, 0) is 51.5 Å². The van der Waals surface area contributed by atoms with Gasteiger partial charge in [-0.1, -0.05) is 57.5 Å².